The molecule has 0 fully saturated rings. The van der Waals surface area contributed by atoms with Gasteiger partial charge in [0.05, 0.1) is 0 Å². The number of amides is 1. The van der Waals surface area contributed by atoms with E-state index in [1.54, 1.807) is 6.07 Å². The van der Waals surface area contributed by atoms with Crippen molar-refractivity contribution in [1.29, 1.82) is 0 Å². The van der Waals surface area contributed by atoms with Gasteiger partial charge in [-0.05, 0) is 12.0 Å². The summed E-state index contributed by atoms with van der Waals surface area (Å²) in [6.07, 6.45) is -7.50. The third kappa shape index (κ3) is 3.95. The zero-order valence-corrected chi connectivity index (χ0v) is 12.9. The Morgan fingerprint density at radius 3 is 1.67 bits per heavy atom. The van der Waals surface area contributed by atoms with E-state index in [0.717, 1.165) is 5.32 Å². The Labute approximate surface area is 144 Å². The standard InChI is InChI=1S/C14H10F11NO/c15-10(16,9(27)26-7-6-8-4-2-1-3-5-8)11(17,18)12(19,20)13(21,22)14(23,24)25/h1-5H,6-7H2,(H,26,27). The molecule has 1 rings (SSSR count). The molecule has 0 saturated heterocycles. The van der Waals surface area contributed by atoms with Crippen molar-refractivity contribution < 1.29 is 53.1 Å². The van der Waals surface area contributed by atoms with E-state index in [2.05, 4.69) is 0 Å². The van der Waals surface area contributed by atoms with Crippen molar-refractivity contribution in [2.24, 2.45) is 0 Å². The van der Waals surface area contributed by atoms with Crippen LogP contribution in [-0.4, -0.2) is 42.3 Å². The topological polar surface area (TPSA) is 29.1 Å². The maximum Gasteiger partial charge on any atom is 0.460 e. The minimum Gasteiger partial charge on any atom is -0.350 e. The normalized spacial score (nSPS) is 14.2. The zero-order chi connectivity index (χ0) is 21.3. The number of nitrogens with one attached hydrogen (secondary N) is 1. The second-order valence-corrected chi connectivity index (χ2v) is 5.29. The summed E-state index contributed by atoms with van der Waals surface area (Å²) in [5, 5.41) is 1.11. The Hall–Kier alpha value is -2.08. The van der Waals surface area contributed by atoms with Crippen LogP contribution < -0.4 is 5.32 Å². The smallest absolute Gasteiger partial charge is 0.350 e. The van der Waals surface area contributed by atoms with E-state index in [9.17, 15) is 53.1 Å². The minimum atomic E-state index is -7.60. The van der Waals surface area contributed by atoms with Gasteiger partial charge in [0.15, 0.2) is 0 Å². The number of benzene rings is 1. The third-order valence-electron chi connectivity index (χ3n) is 3.37. The first-order valence-corrected chi connectivity index (χ1v) is 6.90. The maximum absolute atomic E-state index is 13.4. The molecule has 0 radical (unpaired) electrons. The maximum atomic E-state index is 13.4. The molecule has 0 aliphatic rings. The van der Waals surface area contributed by atoms with Crippen LogP contribution in [0.4, 0.5) is 48.3 Å². The molecule has 0 saturated carbocycles. The lowest BCUT2D eigenvalue weighted by Crippen LogP contribution is -2.69. The van der Waals surface area contributed by atoms with Crippen molar-refractivity contribution in [2.45, 2.75) is 36.3 Å². The molecule has 0 aromatic heterocycles. The van der Waals surface area contributed by atoms with Gasteiger partial charge in [0, 0.05) is 6.54 Å². The first-order valence-electron chi connectivity index (χ1n) is 6.90. The molecule has 1 aromatic rings. The van der Waals surface area contributed by atoms with E-state index >= 15 is 0 Å². The van der Waals surface area contributed by atoms with Crippen LogP contribution in [0.15, 0.2) is 30.3 Å². The average Bonchev–Trinajstić information content (AvgIpc) is 2.54. The van der Waals surface area contributed by atoms with Crippen molar-refractivity contribution in [3.63, 3.8) is 0 Å². The highest BCUT2D eigenvalue weighted by Gasteiger charge is 2.88. The summed E-state index contributed by atoms with van der Waals surface area (Å²) in [7, 11) is 0. The van der Waals surface area contributed by atoms with E-state index in [1.807, 2.05) is 0 Å². The van der Waals surface area contributed by atoms with Crippen LogP contribution in [0.5, 0.6) is 0 Å². The van der Waals surface area contributed by atoms with Gasteiger partial charge in [0.1, 0.15) is 0 Å². The third-order valence-corrected chi connectivity index (χ3v) is 3.37. The molecule has 0 bridgehead atoms. The molecule has 0 unspecified atom stereocenters. The van der Waals surface area contributed by atoms with Gasteiger partial charge >= 0.3 is 29.9 Å². The van der Waals surface area contributed by atoms with E-state index in [-0.39, 0.29) is 6.42 Å². The summed E-state index contributed by atoms with van der Waals surface area (Å²) in [6, 6.07) is 7.38. The number of rotatable bonds is 7. The highest BCUT2D eigenvalue weighted by molar-refractivity contribution is 5.84. The van der Waals surface area contributed by atoms with Crippen LogP contribution in [-0.2, 0) is 11.2 Å². The number of carbonyl (C=O) groups is 1. The monoisotopic (exact) mass is 417 g/mol. The van der Waals surface area contributed by atoms with Crippen LogP contribution in [0.2, 0.25) is 0 Å². The molecule has 154 valence electrons. The summed E-state index contributed by atoms with van der Waals surface area (Å²) < 4.78 is 140. The highest BCUT2D eigenvalue weighted by Crippen LogP contribution is 2.57. The summed E-state index contributed by atoms with van der Waals surface area (Å²) in [5.41, 5.74) is 0.404. The zero-order valence-electron chi connectivity index (χ0n) is 12.9. The Morgan fingerprint density at radius 1 is 0.741 bits per heavy atom. The van der Waals surface area contributed by atoms with Gasteiger partial charge in [-0.15, -0.1) is 0 Å². The fourth-order valence-corrected chi connectivity index (χ4v) is 1.79. The summed E-state index contributed by atoms with van der Waals surface area (Å²) in [5.74, 6) is -32.1. The largest absolute Gasteiger partial charge is 0.460 e. The quantitative estimate of drug-likeness (QED) is 0.653. The van der Waals surface area contributed by atoms with Gasteiger partial charge in [0.25, 0.3) is 5.91 Å². The Bertz CT molecular complexity index is 655. The molecular formula is C14H10F11NO. The number of alkyl halides is 11. The van der Waals surface area contributed by atoms with Crippen LogP contribution in [0.25, 0.3) is 0 Å². The van der Waals surface area contributed by atoms with Crippen LogP contribution in [0.1, 0.15) is 5.56 Å². The van der Waals surface area contributed by atoms with Crippen molar-refractivity contribution in [3.05, 3.63) is 35.9 Å². The molecule has 2 nitrogen and oxygen atoms in total. The molecule has 0 spiro atoms. The van der Waals surface area contributed by atoms with E-state index in [1.165, 1.54) is 24.3 Å². The number of carbonyl (C=O) groups excluding carboxylic acids is 1. The van der Waals surface area contributed by atoms with Gasteiger partial charge in [-0.3, -0.25) is 4.79 Å². The molecule has 1 N–H and O–H groups in total. The van der Waals surface area contributed by atoms with Gasteiger partial charge in [-0.1, -0.05) is 30.3 Å². The molecule has 0 aliphatic carbocycles. The molecule has 0 aliphatic heterocycles. The Morgan fingerprint density at radius 2 is 1.22 bits per heavy atom. The summed E-state index contributed by atoms with van der Waals surface area (Å²) >= 11 is 0. The molecular weight excluding hydrogens is 407 g/mol. The summed E-state index contributed by atoms with van der Waals surface area (Å²) in [4.78, 5) is 11.1. The van der Waals surface area contributed by atoms with Crippen LogP contribution in [0.3, 0.4) is 0 Å². The van der Waals surface area contributed by atoms with Gasteiger partial charge in [-0.2, -0.15) is 48.3 Å². The van der Waals surface area contributed by atoms with Crippen LogP contribution >= 0.6 is 0 Å². The fourth-order valence-electron chi connectivity index (χ4n) is 1.79. The average molecular weight is 417 g/mol. The predicted molar refractivity (Wildman–Crippen MR) is 69.0 cm³/mol. The fraction of sp³-hybridized carbons (Fsp3) is 0.500. The molecule has 1 aromatic carbocycles. The predicted octanol–water partition coefficient (Wildman–Crippen LogP) is 4.45. The van der Waals surface area contributed by atoms with Gasteiger partial charge in [-0.25, -0.2) is 0 Å². The second kappa shape index (κ2) is 7.15. The molecule has 27 heavy (non-hydrogen) atoms. The first kappa shape index (κ1) is 23.0. The molecule has 13 heteroatoms. The highest BCUT2D eigenvalue weighted by atomic mass is 19.4. The lowest BCUT2D eigenvalue weighted by Gasteiger charge is -2.36. The Kier molecular flexibility index (Phi) is 6.08. The first-order chi connectivity index (χ1) is 12.0. The minimum absolute atomic E-state index is 0.233. The van der Waals surface area contributed by atoms with Crippen molar-refractivity contribution in [3.8, 4) is 0 Å². The number of halogens is 11. The van der Waals surface area contributed by atoms with Crippen molar-refractivity contribution in [1.82, 2.24) is 5.32 Å². The lowest BCUT2D eigenvalue weighted by atomic mass is 9.97. The van der Waals surface area contributed by atoms with Crippen molar-refractivity contribution >= 4 is 5.91 Å². The Balaban J connectivity index is 2.99. The second-order valence-electron chi connectivity index (χ2n) is 5.29. The van der Waals surface area contributed by atoms with Gasteiger partial charge in [0.2, 0.25) is 0 Å². The van der Waals surface area contributed by atoms with E-state index in [4.69, 9.17) is 0 Å². The van der Waals surface area contributed by atoms with E-state index in [0.29, 0.717) is 5.56 Å². The SMILES string of the molecule is O=C(NCCc1ccccc1)C(F)(F)C(F)(F)C(F)(F)C(F)(F)C(F)(F)F. The summed E-state index contributed by atoms with van der Waals surface area (Å²) in [6.45, 7) is -0.796. The van der Waals surface area contributed by atoms with E-state index < -0.39 is 42.3 Å². The van der Waals surface area contributed by atoms with Crippen LogP contribution in [0, 0.1) is 0 Å². The number of hydrogen-bond donors (Lipinski definition) is 1. The molecule has 1 amide bonds. The molecule has 0 heterocycles. The van der Waals surface area contributed by atoms with Gasteiger partial charge < -0.3 is 5.32 Å². The molecule has 0 atom stereocenters. The lowest BCUT2D eigenvalue weighted by molar-refractivity contribution is -0.417. The van der Waals surface area contributed by atoms with Crippen molar-refractivity contribution in [2.75, 3.05) is 6.54 Å². The number of hydrogen-bond acceptors (Lipinski definition) is 1.